The first-order chi connectivity index (χ1) is 8.95. The van der Waals surface area contributed by atoms with Gasteiger partial charge in [0.05, 0.1) is 12.5 Å². The zero-order valence-electron chi connectivity index (χ0n) is 11.2. The molecular formula is C12H18N2O5. The van der Waals surface area contributed by atoms with Gasteiger partial charge in [0.2, 0.25) is 0 Å². The van der Waals surface area contributed by atoms with Crippen LogP contribution in [0.15, 0.2) is 10.7 Å². The third-order valence-corrected chi connectivity index (χ3v) is 2.58. The highest BCUT2D eigenvalue weighted by molar-refractivity contribution is 5.87. The quantitative estimate of drug-likeness (QED) is 0.726. The number of carbonyl (C=O) groups is 2. The van der Waals surface area contributed by atoms with Gasteiger partial charge in [0.25, 0.3) is 6.01 Å². The van der Waals surface area contributed by atoms with Gasteiger partial charge in [-0.25, -0.2) is 4.79 Å². The van der Waals surface area contributed by atoms with E-state index in [1.54, 1.807) is 6.92 Å². The Morgan fingerprint density at radius 2 is 2.21 bits per heavy atom. The molecule has 0 radical (unpaired) electrons. The van der Waals surface area contributed by atoms with Gasteiger partial charge in [-0.15, -0.1) is 0 Å². The molecule has 1 unspecified atom stereocenters. The second-order valence-corrected chi connectivity index (χ2v) is 4.33. The van der Waals surface area contributed by atoms with Crippen molar-refractivity contribution in [1.82, 2.24) is 4.98 Å². The number of ether oxygens (including phenoxy) is 1. The van der Waals surface area contributed by atoms with E-state index in [4.69, 9.17) is 14.3 Å². The number of nitrogens with zero attached hydrogens (tertiary/aromatic N) is 1. The zero-order chi connectivity index (χ0) is 14.4. The predicted molar refractivity (Wildman–Crippen MR) is 66.9 cm³/mol. The molecule has 0 aromatic carbocycles. The van der Waals surface area contributed by atoms with Crippen LogP contribution in [0, 0.1) is 11.8 Å². The van der Waals surface area contributed by atoms with E-state index in [-0.39, 0.29) is 30.8 Å². The van der Waals surface area contributed by atoms with Crippen LogP contribution in [0.4, 0.5) is 6.01 Å². The summed E-state index contributed by atoms with van der Waals surface area (Å²) in [6.07, 6.45) is 1.17. The van der Waals surface area contributed by atoms with Gasteiger partial charge in [-0.05, 0) is 12.8 Å². The molecule has 1 rings (SSSR count). The van der Waals surface area contributed by atoms with Gasteiger partial charge in [-0.3, -0.25) is 4.79 Å². The van der Waals surface area contributed by atoms with E-state index in [1.165, 1.54) is 6.26 Å². The molecule has 0 fully saturated rings. The smallest absolute Gasteiger partial charge is 0.360 e. The van der Waals surface area contributed by atoms with E-state index in [0.717, 1.165) is 0 Å². The van der Waals surface area contributed by atoms with Crippen LogP contribution < -0.4 is 5.32 Å². The number of aliphatic carboxylic acids is 1. The highest BCUT2D eigenvalue weighted by Gasteiger charge is 2.22. The number of hydrogen-bond acceptors (Lipinski definition) is 6. The van der Waals surface area contributed by atoms with Gasteiger partial charge in [0, 0.05) is 6.54 Å². The zero-order valence-corrected chi connectivity index (χ0v) is 11.2. The first-order valence-electron chi connectivity index (χ1n) is 6.05. The van der Waals surface area contributed by atoms with Crippen LogP contribution in [0.2, 0.25) is 0 Å². The SMILES string of the molecule is CCOC(=O)c1coc(NCC(C(=O)O)C(C)C)n1. The maximum Gasteiger partial charge on any atom is 0.360 e. The fraction of sp³-hybridized carbons (Fsp3) is 0.583. The second-order valence-electron chi connectivity index (χ2n) is 4.33. The number of aromatic nitrogens is 1. The highest BCUT2D eigenvalue weighted by Crippen LogP contribution is 2.14. The van der Waals surface area contributed by atoms with E-state index < -0.39 is 17.9 Å². The first kappa shape index (κ1) is 15.0. The number of carboxylic acids is 1. The second kappa shape index (κ2) is 6.77. The Labute approximate surface area is 111 Å². The number of oxazole rings is 1. The lowest BCUT2D eigenvalue weighted by Crippen LogP contribution is -2.27. The number of hydrogen-bond donors (Lipinski definition) is 2. The van der Waals surface area contributed by atoms with E-state index in [9.17, 15) is 9.59 Å². The summed E-state index contributed by atoms with van der Waals surface area (Å²) in [6.45, 7) is 5.76. The van der Waals surface area contributed by atoms with Crippen LogP contribution in [0.3, 0.4) is 0 Å². The molecule has 0 saturated carbocycles. The van der Waals surface area contributed by atoms with E-state index in [2.05, 4.69) is 10.3 Å². The predicted octanol–water partition coefficient (Wildman–Crippen LogP) is 1.62. The monoisotopic (exact) mass is 270 g/mol. The van der Waals surface area contributed by atoms with Gasteiger partial charge >= 0.3 is 11.9 Å². The number of carboxylic acid groups (broad SMARTS) is 1. The summed E-state index contributed by atoms with van der Waals surface area (Å²) in [7, 11) is 0. The molecule has 1 aromatic rings. The molecule has 2 N–H and O–H groups in total. The van der Waals surface area contributed by atoms with Crippen LogP contribution in [0.1, 0.15) is 31.3 Å². The minimum atomic E-state index is -0.889. The van der Waals surface area contributed by atoms with Crippen molar-refractivity contribution in [2.24, 2.45) is 11.8 Å². The lowest BCUT2D eigenvalue weighted by atomic mass is 9.96. The summed E-state index contributed by atoms with van der Waals surface area (Å²) in [6, 6.07) is 0.106. The molecule has 1 heterocycles. The third kappa shape index (κ3) is 4.27. The molecule has 7 heteroatoms. The van der Waals surface area contributed by atoms with E-state index in [0.29, 0.717) is 0 Å². The number of anilines is 1. The van der Waals surface area contributed by atoms with Gasteiger partial charge in [-0.1, -0.05) is 13.8 Å². The first-order valence-corrected chi connectivity index (χ1v) is 6.05. The Morgan fingerprint density at radius 3 is 2.74 bits per heavy atom. The van der Waals surface area contributed by atoms with E-state index in [1.807, 2.05) is 13.8 Å². The molecule has 106 valence electrons. The van der Waals surface area contributed by atoms with Crippen molar-refractivity contribution in [3.05, 3.63) is 12.0 Å². The van der Waals surface area contributed by atoms with Gasteiger partial charge in [0.1, 0.15) is 6.26 Å². The van der Waals surface area contributed by atoms with Gasteiger partial charge < -0.3 is 19.6 Å². The minimum Gasteiger partial charge on any atom is -0.481 e. The maximum absolute atomic E-state index is 11.3. The molecule has 0 aliphatic heterocycles. The average Bonchev–Trinajstić information content (AvgIpc) is 2.77. The molecular weight excluding hydrogens is 252 g/mol. The molecule has 1 aromatic heterocycles. The van der Waals surface area contributed by atoms with Crippen LogP contribution in [0.25, 0.3) is 0 Å². The molecule has 0 saturated heterocycles. The van der Waals surface area contributed by atoms with Crippen LogP contribution in [0.5, 0.6) is 0 Å². The van der Waals surface area contributed by atoms with Gasteiger partial charge in [-0.2, -0.15) is 4.98 Å². The summed E-state index contributed by atoms with van der Waals surface area (Å²) >= 11 is 0. The molecule has 0 amide bonds. The fourth-order valence-corrected chi connectivity index (χ4v) is 1.46. The molecule has 0 bridgehead atoms. The van der Waals surface area contributed by atoms with Crippen molar-refractivity contribution in [3.63, 3.8) is 0 Å². The summed E-state index contributed by atoms with van der Waals surface area (Å²) in [5, 5.41) is 11.8. The molecule has 7 nitrogen and oxygen atoms in total. The number of carbonyl (C=O) groups excluding carboxylic acids is 1. The van der Waals surface area contributed by atoms with Crippen molar-refractivity contribution in [1.29, 1.82) is 0 Å². The molecule has 1 atom stereocenters. The van der Waals surface area contributed by atoms with Crippen molar-refractivity contribution in [3.8, 4) is 0 Å². The Bertz CT molecular complexity index is 441. The fourth-order valence-electron chi connectivity index (χ4n) is 1.46. The maximum atomic E-state index is 11.3. The van der Waals surface area contributed by atoms with Crippen molar-refractivity contribution in [2.45, 2.75) is 20.8 Å². The van der Waals surface area contributed by atoms with E-state index >= 15 is 0 Å². The lowest BCUT2D eigenvalue weighted by Gasteiger charge is -2.15. The minimum absolute atomic E-state index is 0.0236. The lowest BCUT2D eigenvalue weighted by molar-refractivity contribution is -0.142. The normalized spacial score (nSPS) is 12.2. The summed E-state index contributed by atoms with van der Waals surface area (Å²) < 4.78 is 9.79. The highest BCUT2D eigenvalue weighted by atomic mass is 16.5. The van der Waals surface area contributed by atoms with Crippen molar-refractivity contribution < 1.29 is 23.8 Å². The molecule has 0 spiro atoms. The average molecular weight is 270 g/mol. The topological polar surface area (TPSA) is 102 Å². The third-order valence-electron chi connectivity index (χ3n) is 2.58. The summed E-state index contributed by atoms with van der Waals surface area (Å²) in [5.41, 5.74) is 0.0563. The Morgan fingerprint density at radius 1 is 1.53 bits per heavy atom. The molecule has 0 aliphatic carbocycles. The van der Waals surface area contributed by atoms with Crippen molar-refractivity contribution >= 4 is 18.0 Å². The number of rotatable bonds is 7. The van der Waals surface area contributed by atoms with Crippen LogP contribution >= 0.6 is 0 Å². The Hall–Kier alpha value is -2.05. The Kier molecular flexibility index (Phi) is 5.35. The molecule has 0 aliphatic rings. The molecule has 19 heavy (non-hydrogen) atoms. The Balaban J connectivity index is 2.59. The van der Waals surface area contributed by atoms with Crippen LogP contribution in [-0.2, 0) is 9.53 Å². The largest absolute Gasteiger partial charge is 0.481 e. The summed E-state index contributed by atoms with van der Waals surface area (Å²) in [5.74, 6) is -2.04. The standard InChI is InChI=1S/C12H18N2O5/c1-4-18-11(17)9-6-19-12(14-9)13-5-8(7(2)3)10(15)16/h6-8H,4-5H2,1-3H3,(H,13,14)(H,15,16). The number of nitrogens with one attached hydrogen (secondary N) is 1. The van der Waals surface area contributed by atoms with Crippen molar-refractivity contribution in [2.75, 3.05) is 18.5 Å². The van der Waals surface area contributed by atoms with Gasteiger partial charge in [0.15, 0.2) is 5.69 Å². The summed E-state index contributed by atoms with van der Waals surface area (Å²) in [4.78, 5) is 26.2. The van der Waals surface area contributed by atoms with Crippen LogP contribution in [-0.4, -0.2) is 35.2 Å². The number of esters is 1.